The van der Waals surface area contributed by atoms with Crippen LogP contribution in [0.25, 0.3) is 0 Å². The number of benzene rings is 2. The van der Waals surface area contributed by atoms with E-state index in [1.807, 2.05) is 12.1 Å². The number of sulfonamides is 1. The van der Waals surface area contributed by atoms with E-state index in [1.165, 1.54) is 24.0 Å². The Morgan fingerprint density at radius 1 is 0.957 bits per heavy atom. The van der Waals surface area contributed by atoms with Gasteiger partial charge in [-0.3, -0.25) is 0 Å². The lowest BCUT2D eigenvalue weighted by molar-refractivity contribution is 0.318. The first kappa shape index (κ1) is 16.0. The topological polar surface area (TPSA) is 55.4 Å². The second-order valence-corrected chi connectivity index (χ2v) is 7.43. The van der Waals surface area contributed by atoms with E-state index < -0.39 is 10.0 Å². The van der Waals surface area contributed by atoms with Crippen molar-refractivity contribution >= 4 is 10.0 Å². The fourth-order valence-corrected chi connectivity index (χ4v) is 3.94. The van der Waals surface area contributed by atoms with Crippen LogP contribution in [0.5, 0.6) is 5.75 Å². The minimum Gasteiger partial charge on any atom is -0.492 e. The first-order valence-electron chi connectivity index (χ1n) is 7.95. The van der Waals surface area contributed by atoms with E-state index in [1.54, 1.807) is 30.3 Å². The summed E-state index contributed by atoms with van der Waals surface area (Å²) < 4.78 is 32.6. The summed E-state index contributed by atoms with van der Waals surface area (Å²) in [4.78, 5) is 0.275. The fraction of sp³-hybridized carbons (Fsp3) is 0.333. The minimum absolute atomic E-state index is 0.251. The highest BCUT2D eigenvalue weighted by Crippen LogP contribution is 2.29. The van der Waals surface area contributed by atoms with Gasteiger partial charge in [0, 0.05) is 6.54 Å². The summed E-state index contributed by atoms with van der Waals surface area (Å²) in [5, 5.41) is 0. The van der Waals surface area contributed by atoms with Gasteiger partial charge >= 0.3 is 0 Å². The molecule has 0 aliphatic heterocycles. The molecular formula is C18H21NO3S. The van der Waals surface area contributed by atoms with Gasteiger partial charge in [0.05, 0.1) is 4.90 Å². The number of ether oxygens (including phenoxy) is 1. The molecule has 0 bridgehead atoms. The first-order valence-corrected chi connectivity index (χ1v) is 9.43. The van der Waals surface area contributed by atoms with Gasteiger partial charge < -0.3 is 4.74 Å². The number of fused-ring (bicyclic) bond motifs is 1. The molecule has 0 saturated carbocycles. The van der Waals surface area contributed by atoms with Crippen LogP contribution in [0, 0.1) is 0 Å². The summed E-state index contributed by atoms with van der Waals surface area (Å²) >= 11 is 0. The van der Waals surface area contributed by atoms with Crippen molar-refractivity contribution in [1.82, 2.24) is 4.72 Å². The van der Waals surface area contributed by atoms with Crippen molar-refractivity contribution in [3.05, 3.63) is 59.7 Å². The molecule has 5 heteroatoms. The number of rotatable bonds is 6. The van der Waals surface area contributed by atoms with Crippen LogP contribution in [0.1, 0.15) is 24.0 Å². The van der Waals surface area contributed by atoms with E-state index in [2.05, 4.69) is 10.8 Å². The highest BCUT2D eigenvalue weighted by Gasteiger charge is 2.15. The third-order valence-corrected chi connectivity index (χ3v) is 5.54. The van der Waals surface area contributed by atoms with Gasteiger partial charge in [-0.1, -0.05) is 30.3 Å². The summed E-state index contributed by atoms with van der Waals surface area (Å²) in [5.74, 6) is 0.890. The molecule has 0 unspecified atom stereocenters. The Balaban J connectivity index is 1.57. The van der Waals surface area contributed by atoms with Crippen LogP contribution >= 0.6 is 0 Å². The molecule has 2 aromatic carbocycles. The molecule has 1 aliphatic rings. The largest absolute Gasteiger partial charge is 0.492 e. The number of aryl methyl sites for hydroxylation is 1. The summed E-state index contributed by atoms with van der Waals surface area (Å²) in [5.41, 5.74) is 2.64. The molecule has 0 atom stereocenters. The Kier molecular flexibility index (Phi) is 4.98. The molecule has 3 rings (SSSR count). The lowest BCUT2D eigenvalue weighted by Gasteiger charge is -2.19. The van der Waals surface area contributed by atoms with Crippen molar-refractivity contribution in [2.24, 2.45) is 0 Å². The van der Waals surface area contributed by atoms with Crippen molar-refractivity contribution < 1.29 is 13.2 Å². The molecule has 2 aromatic rings. The molecule has 0 amide bonds. The summed E-state index contributed by atoms with van der Waals surface area (Å²) in [6.45, 7) is 0.573. The fourth-order valence-electron chi connectivity index (χ4n) is 2.90. The van der Waals surface area contributed by atoms with Crippen LogP contribution < -0.4 is 9.46 Å². The van der Waals surface area contributed by atoms with Gasteiger partial charge in [0.15, 0.2) is 0 Å². The molecule has 0 saturated heterocycles. The molecule has 0 aromatic heterocycles. The average Bonchev–Trinajstić information content (AvgIpc) is 2.59. The zero-order chi connectivity index (χ0) is 16.1. The third kappa shape index (κ3) is 3.92. The maximum atomic E-state index is 12.1. The van der Waals surface area contributed by atoms with Crippen LogP contribution in [-0.2, 0) is 22.9 Å². The Morgan fingerprint density at radius 3 is 2.57 bits per heavy atom. The Bertz CT molecular complexity index is 757. The van der Waals surface area contributed by atoms with E-state index in [0.29, 0.717) is 6.61 Å². The van der Waals surface area contributed by atoms with E-state index in [9.17, 15) is 8.42 Å². The van der Waals surface area contributed by atoms with Crippen LogP contribution in [0.15, 0.2) is 53.4 Å². The van der Waals surface area contributed by atoms with Crippen LogP contribution in [0.2, 0.25) is 0 Å². The number of hydrogen-bond acceptors (Lipinski definition) is 3. The van der Waals surface area contributed by atoms with Gasteiger partial charge in [-0.25, -0.2) is 13.1 Å². The Morgan fingerprint density at radius 2 is 1.74 bits per heavy atom. The summed E-state index contributed by atoms with van der Waals surface area (Å²) in [6, 6.07) is 14.5. The average molecular weight is 331 g/mol. The smallest absolute Gasteiger partial charge is 0.240 e. The molecule has 1 aliphatic carbocycles. The zero-order valence-electron chi connectivity index (χ0n) is 13.0. The predicted octanol–water partition coefficient (Wildman–Crippen LogP) is 2.92. The monoisotopic (exact) mass is 331 g/mol. The predicted molar refractivity (Wildman–Crippen MR) is 90.2 cm³/mol. The highest BCUT2D eigenvalue weighted by atomic mass is 32.2. The maximum Gasteiger partial charge on any atom is 0.240 e. The van der Waals surface area contributed by atoms with Crippen LogP contribution in [0.3, 0.4) is 0 Å². The van der Waals surface area contributed by atoms with Gasteiger partial charge in [-0.15, -0.1) is 0 Å². The van der Waals surface area contributed by atoms with E-state index in [-0.39, 0.29) is 11.4 Å². The van der Waals surface area contributed by atoms with Crippen LogP contribution in [0.4, 0.5) is 0 Å². The SMILES string of the molecule is O=S(=O)(NCCOc1cccc2c1CCCC2)c1ccccc1. The standard InChI is InChI=1S/C18H21NO3S/c20-23(21,16-9-2-1-3-10-16)19-13-14-22-18-12-6-8-15-7-4-5-11-17(15)18/h1-3,6,8-10,12,19H,4-5,7,11,13-14H2. The molecule has 4 nitrogen and oxygen atoms in total. The molecule has 1 N–H and O–H groups in total. The van der Waals surface area contributed by atoms with Crippen molar-refractivity contribution in [3.63, 3.8) is 0 Å². The molecule has 23 heavy (non-hydrogen) atoms. The van der Waals surface area contributed by atoms with E-state index >= 15 is 0 Å². The van der Waals surface area contributed by atoms with Gasteiger partial charge in [-0.2, -0.15) is 0 Å². The minimum atomic E-state index is -3.46. The maximum absolute atomic E-state index is 12.1. The van der Waals surface area contributed by atoms with Gasteiger partial charge in [-0.05, 0) is 55.0 Å². The molecule has 122 valence electrons. The van der Waals surface area contributed by atoms with Crippen molar-refractivity contribution in [2.75, 3.05) is 13.2 Å². The van der Waals surface area contributed by atoms with E-state index in [0.717, 1.165) is 18.6 Å². The lowest BCUT2D eigenvalue weighted by atomic mass is 9.91. The second kappa shape index (κ2) is 7.15. The van der Waals surface area contributed by atoms with Crippen molar-refractivity contribution in [3.8, 4) is 5.75 Å². The lowest BCUT2D eigenvalue weighted by Crippen LogP contribution is -2.28. The van der Waals surface area contributed by atoms with Crippen molar-refractivity contribution in [1.29, 1.82) is 0 Å². The number of hydrogen-bond donors (Lipinski definition) is 1. The quantitative estimate of drug-likeness (QED) is 0.828. The third-order valence-electron chi connectivity index (χ3n) is 4.06. The van der Waals surface area contributed by atoms with E-state index in [4.69, 9.17) is 4.74 Å². The Hall–Kier alpha value is -1.85. The molecule has 0 radical (unpaired) electrons. The van der Waals surface area contributed by atoms with Gasteiger partial charge in [0.1, 0.15) is 12.4 Å². The normalized spacial score (nSPS) is 14.3. The molecule has 0 fully saturated rings. The van der Waals surface area contributed by atoms with Crippen LogP contribution in [-0.4, -0.2) is 21.6 Å². The molecular weight excluding hydrogens is 310 g/mol. The zero-order valence-corrected chi connectivity index (χ0v) is 13.8. The summed E-state index contributed by atoms with van der Waals surface area (Å²) in [6.07, 6.45) is 4.57. The summed E-state index contributed by atoms with van der Waals surface area (Å²) in [7, 11) is -3.46. The first-order chi connectivity index (χ1) is 11.2. The van der Waals surface area contributed by atoms with Gasteiger partial charge in [0.25, 0.3) is 0 Å². The van der Waals surface area contributed by atoms with Crippen molar-refractivity contribution in [2.45, 2.75) is 30.6 Å². The van der Waals surface area contributed by atoms with Gasteiger partial charge in [0.2, 0.25) is 10.0 Å². The highest BCUT2D eigenvalue weighted by molar-refractivity contribution is 7.89. The molecule has 0 heterocycles. The second-order valence-electron chi connectivity index (χ2n) is 5.66. The Labute approximate surface area is 137 Å². The molecule has 0 spiro atoms. The number of nitrogens with one attached hydrogen (secondary N) is 1.